The number of benzene rings is 2. The van der Waals surface area contributed by atoms with Gasteiger partial charge in [-0.2, -0.15) is 8.78 Å². The molecule has 1 unspecified atom stereocenters. The van der Waals surface area contributed by atoms with E-state index in [1.165, 1.54) is 27.6 Å². The molecule has 1 N–H and O–H groups in total. The van der Waals surface area contributed by atoms with Crippen molar-refractivity contribution in [2.45, 2.75) is 18.7 Å². The second-order valence-electron chi connectivity index (χ2n) is 7.11. The van der Waals surface area contributed by atoms with E-state index in [9.17, 15) is 13.6 Å². The van der Waals surface area contributed by atoms with Crippen LogP contribution in [-0.4, -0.2) is 17.7 Å². The number of halogens is 2. The van der Waals surface area contributed by atoms with Crippen molar-refractivity contribution in [3.8, 4) is 5.75 Å². The number of rotatable bonds is 11. The molecule has 0 aliphatic heterocycles. The van der Waals surface area contributed by atoms with Crippen LogP contribution in [0.5, 0.6) is 5.75 Å². The lowest BCUT2D eigenvalue weighted by atomic mass is 10.1. The van der Waals surface area contributed by atoms with E-state index < -0.39 is 11.6 Å². The summed E-state index contributed by atoms with van der Waals surface area (Å²) in [6.07, 6.45) is 8.08. The van der Waals surface area contributed by atoms with E-state index in [0.29, 0.717) is 22.7 Å². The van der Waals surface area contributed by atoms with Crippen molar-refractivity contribution in [2.24, 2.45) is 0 Å². The molecule has 172 valence electrons. The van der Waals surface area contributed by atoms with E-state index in [1.54, 1.807) is 54.6 Å². The Morgan fingerprint density at radius 1 is 1.21 bits per heavy atom. The zero-order valence-electron chi connectivity index (χ0n) is 17.7. The summed E-state index contributed by atoms with van der Waals surface area (Å²) in [6, 6.07) is 11.1. The quantitative estimate of drug-likeness (QED) is 0.204. The summed E-state index contributed by atoms with van der Waals surface area (Å²) in [5.41, 5.74) is -1.17. The molecule has 0 fully saturated rings. The Bertz CT molecular complexity index is 1170. The van der Waals surface area contributed by atoms with E-state index >= 15 is 0 Å². The number of carboxylic acid groups (broad SMARTS) is 1. The van der Waals surface area contributed by atoms with E-state index in [2.05, 4.69) is 6.58 Å². The monoisotopic (exact) mass is 472 g/mol. The Morgan fingerprint density at radius 3 is 2.64 bits per heavy atom. The van der Waals surface area contributed by atoms with Crippen molar-refractivity contribution in [1.29, 1.82) is 0 Å². The van der Waals surface area contributed by atoms with Crippen LogP contribution in [0.3, 0.4) is 0 Å². The number of carboxylic acids is 1. The number of carbonyl (C=O) groups is 1. The molecular formula is C25H23F2O5P. The van der Waals surface area contributed by atoms with Crippen LogP contribution in [0, 0.1) is 0 Å². The highest BCUT2D eigenvalue weighted by Gasteiger charge is 2.23. The Morgan fingerprint density at radius 2 is 1.97 bits per heavy atom. The van der Waals surface area contributed by atoms with Crippen molar-refractivity contribution in [1.82, 2.24) is 0 Å². The molecule has 0 aliphatic carbocycles. The predicted molar refractivity (Wildman–Crippen MR) is 125 cm³/mol. The van der Waals surface area contributed by atoms with Crippen molar-refractivity contribution >= 4 is 26.2 Å². The van der Waals surface area contributed by atoms with Crippen molar-refractivity contribution in [3.05, 3.63) is 102 Å². The van der Waals surface area contributed by atoms with Gasteiger partial charge in [-0.15, -0.1) is 0 Å². The standard InChI is InChI=1S/C25H23F2O5P/c1-2-3-4-20(31-15-17-5-7-19(8-6-17)25(26,27)33)11-12-30-21-9-10-22-18(13-24(28)29)16-32-23(22)14-21/h2-11,14,16H,1,12-13,15,33H2,(H,28,29)/b4-3-,20-11+. The topological polar surface area (TPSA) is 68.9 Å². The fourth-order valence-electron chi connectivity index (χ4n) is 3.00. The van der Waals surface area contributed by atoms with Crippen LogP contribution in [-0.2, 0) is 28.2 Å². The summed E-state index contributed by atoms with van der Waals surface area (Å²) in [5, 5.41) is 9.69. The van der Waals surface area contributed by atoms with Gasteiger partial charge in [0, 0.05) is 22.6 Å². The molecule has 0 saturated heterocycles. The lowest BCUT2D eigenvalue weighted by molar-refractivity contribution is -0.136. The first-order valence-electron chi connectivity index (χ1n) is 9.99. The Labute approximate surface area is 192 Å². The third-order valence-corrected chi connectivity index (χ3v) is 4.98. The van der Waals surface area contributed by atoms with Gasteiger partial charge in [-0.25, -0.2) is 0 Å². The molecule has 0 saturated carbocycles. The molecule has 3 aromatic rings. The highest BCUT2D eigenvalue weighted by Crippen LogP contribution is 2.34. The van der Waals surface area contributed by atoms with Crippen molar-refractivity contribution in [3.63, 3.8) is 0 Å². The minimum atomic E-state index is -2.97. The fraction of sp³-hybridized carbons (Fsp3) is 0.160. The van der Waals surface area contributed by atoms with E-state index in [4.69, 9.17) is 19.0 Å². The van der Waals surface area contributed by atoms with Gasteiger partial charge in [0.2, 0.25) is 0 Å². The molecule has 3 rings (SSSR count). The van der Waals surface area contributed by atoms with Gasteiger partial charge in [-0.05, 0) is 29.8 Å². The molecule has 0 amide bonds. The SMILES string of the molecule is C=C/C=C\C(=C/COc1ccc2c(CC(=O)O)coc2c1)OCc1ccc(C(F)(F)P)cc1. The summed E-state index contributed by atoms with van der Waals surface area (Å²) < 4.78 is 43.6. The third kappa shape index (κ3) is 7.02. The summed E-state index contributed by atoms with van der Waals surface area (Å²) in [7, 11) is 1.52. The van der Waals surface area contributed by atoms with Gasteiger partial charge in [-0.3, -0.25) is 4.79 Å². The number of hydrogen-bond acceptors (Lipinski definition) is 4. The maximum absolute atomic E-state index is 13.3. The van der Waals surface area contributed by atoms with Gasteiger partial charge >= 0.3 is 5.97 Å². The molecule has 0 spiro atoms. The van der Waals surface area contributed by atoms with Crippen LogP contribution < -0.4 is 4.74 Å². The van der Waals surface area contributed by atoms with E-state index in [0.717, 1.165) is 10.9 Å². The van der Waals surface area contributed by atoms with Crippen molar-refractivity contribution < 1.29 is 32.6 Å². The average molecular weight is 472 g/mol. The number of alkyl halides is 2. The molecule has 8 heteroatoms. The predicted octanol–water partition coefficient (Wildman–Crippen LogP) is 6.21. The fourth-order valence-corrected chi connectivity index (χ4v) is 3.19. The maximum atomic E-state index is 13.3. The first kappa shape index (κ1) is 24.2. The van der Waals surface area contributed by atoms with Crippen LogP contribution in [0.1, 0.15) is 16.7 Å². The molecule has 33 heavy (non-hydrogen) atoms. The van der Waals surface area contributed by atoms with Crippen LogP contribution >= 0.6 is 9.24 Å². The summed E-state index contributed by atoms with van der Waals surface area (Å²) in [4.78, 5) is 10.9. The van der Waals surface area contributed by atoms with Crippen LogP contribution in [0.15, 0.2) is 89.8 Å². The highest BCUT2D eigenvalue weighted by atomic mass is 31.0. The first-order chi connectivity index (χ1) is 15.8. The molecular weight excluding hydrogens is 449 g/mol. The molecule has 2 aromatic carbocycles. The first-order valence-corrected chi connectivity index (χ1v) is 10.6. The highest BCUT2D eigenvalue weighted by molar-refractivity contribution is 7.17. The molecule has 1 aromatic heterocycles. The lowest BCUT2D eigenvalue weighted by Crippen LogP contribution is -2.02. The van der Waals surface area contributed by atoms with E-state index in [-0.39, 0.29) is 25.2 Å². The van der Waals surface area contributed by atoms with Gasteiger partial charge < -0.3 is 19.0 Å². The lowest BCUT2D eigenvalue weighted by Gasteiger charge is -2.12. The molecule has 0 aliphatic rings. The summed E-state index contributed by atoms with van der Waals surface area (Å²) in [6.45, 7) is 4.03. The zero-order valence-corrected chi connectivity index (χ0v) is 18.8. The van der Waals surface area contributed by atoms with Gasteiger partial charge in [0.1, 0.15) is 30.3 Å². The number of aliphatic carboxylic acids is 1. The smallest absolute Gasteiger partial charge is 0.307 e. The number of furan rings is 1. The molecule has 5 nitrogen and oxygen atoms in total. The van der Waals surface area contributed by atoms with Crippen molar-refractivity contribution in [2.75, 3.05) is 6.61 Å². The molecule has 0 bridgehead atoms. The average Bonchev–Trinajstić information content (AvgIpc) is 3.16. The molecule has 0 radical (unpaired) electrons. The Hall–Kier alpha value is -3.44. The molecule has 1 heterocycles. The Balaban J connectivity index is 1.62. The second-order valence-corrected chi connectivity index (χ2v) is 7.84. The number of fused-ring (bicyclic) bond motifs is 1. The van der Waals surface area contributed by atoms with Gasteiger partial charge in [-0.1, -0.05) is 52.2 Å². The van der Waals surface area contributed by atoms with Gasteiger partial charge in [0.05, 0.1) is 12.7 Å². The number of hydrogen-bond donors (Lipinski definition) is 1. The zero-order chi connectivity index (χ0) is 23.8. The largest absolute Gasteiger partial charge is 0.489 e. The molecule has 1 atom stereocenters. The third-order valence-electron chi connectivity index (χ3n) is 4.64. The van der Waals surface area contributed by atoms with Crippen LogP contribution in [0.25, 0.3) is 11.0 Å². The summed E-state index contributed by atoms with van der Waals surface area (Å²) >= 11 is 0. The summed E-state index contributed by atoms with van der Waals surface area (Å²) in [5.74, 6) is 0.149. The number of allylic oxidation sites excluding steroid dienone is 3. The minimum Gasteiger partial charge on any atom is -0.489 e. The number of ether oxygens (including phenoxy) is 2. The van der Waals surface area contributed by atoms with Crippen LogP contribution in [0.4, 0.5) is 8.78 Å². The Kier molecular flexibility index (Phi) is 8.01. The van der Waals surface area contributed by atoms with Gasteiger partial charge in [0.25, 0.3) is 5.66 Å². The maximum Gasteiger partial charge on any atom is 0.307 e. The van der Waals surface area contributed by atoms with Gasteiger partial charge in [0.15, 0.2) is 0 Å². The van der Waals surface area contributed by atoms with Crippen LogP contribution in [0.2, 0.25) is 0 Å². The second kappa shape index (κ2) is 10.9. The van der Waals surface area contributed by atoms with E-state index in [1.807, 2.05) is 0 Å². The minimum absolute atomic E-state index is 0.0874. The normalized spacial score (nSPS) is 12.3.